The Balaban J connectivity index is 2.51. The van der Waals surface area contributed by atoms with Crippen molar-refractivity contribution in [1.82, 2.24) is 5.16 Å². The molecular formula is C12H13FN2O. The topological polar surface area (TPSA) is 52.0 Å². The van der Waals surface area contributed by atoms with E-state index < -0.39 is 6.17 Å². The normalized spacial score (nSPS) is 12.7. The van der Waals surface area contributed by atoms with Gasteiger partial charge in [0.2, 0.25) is 5.88 Å². The second-order valence-corrected chi connectivity index (χ2v) is 3.80. The third kappa shape index (κ3) is 1.91. The lowest BCUT2D eigenvalue weighted by Crippen LogP contribution is -1.90. The van der Waals surface area contributed by atoms with Crippen LogP contribution in [0.25, 0.3) is 11.3 Å². The van der Waals surface area contributed by atoms with Crippen LogP contribution in [0.1, 0.15) is 24.2 Å². The van der Waals surface area contributed by atoms with Gasteiger partial charge >= 0.3 is 0 Å². The van der Waals surface area contributed by atoms with Crippen LogP contribution in [-0.2, 0) is 0 Å². The van der Waals surface area contributed by atoms with Crippen molar-refractivity contribution >= 4 is 5.88 Å². The molecule has 2 N–H and O–H groups in total. The Labute approximate surface area is 93.1 Å². The van der Waals surface area contributed by atoms with Crippen molar-refractivity contribution in [2.24, 2.45) is 0 Å². The van der Waals surface area contributed by atoms with E-state index in [0.29, 0.717) is 11.3 Å². The van der Waals surface area contributed by atoms with Gasteiger partial charge in [0.25, 0.3) is 0 Å². The van der Waals surface area contributed by atoms with Gasteiger partial charge in [0.15, 0.2) is 0 Å². The average Bonchev–Trinajstić information content (AvgIpc) is 2.65. The van der Waals surface area contributed by atoms with Crippen LogP contribution in [0, 0.1) is 6.92 Å². The molecule has 0 aliphatic heterocycles. The van der Waals surface area contributed by atoms with E-state index in [1.54, 1.807) is 18.2 Å². The summed E-state index contributed by atoms with van der Waals surface area (Å²) in [7, 11) is 0. The summed E-state index contributed by atoms with van der Waals surface area (Å²) >= 11 is 0. The molecule has 1 unspecified atom stereocenters. The van der Waals surface area contributed by atoms with Gasteiger partial charge in [-0.2, -0.15) is 0 Å². The molecule has 3 nitrogen and oxygen atoms in total. The highest BCUT2D eigenvalue weighted by molar-refractivity contribution is 5.65. The number of anilines is 1. The number of benzene rings is 1. The van der Waals surface area contributed by atoms with E-state index >= 15 is 0 Å². The smallest absolute Gasteiger partial charge is 0.222 e. The maximum atomic E-state index is 13.2. The van der Waals surface area contributed by atoms with Gasteiger partial charge in [-0.25, -0.2) is 4.39 Å². The molecule has 0 radical (unpaired) electrons. The van der Waals surface area contributed by atoms with E-state index in [1.807, 2.05) is 13.0 Å². The van der Waals surface area contributed by atoms with Gasteiger partial charge in [0, 0.05) is 11.6 Å². The van der Waals surface area contributed by atoms with Crippen LogP contribution < -0.4 is 5.73 Å². The van der Waals surface area contributed by atoms with E-state index in [9.17, 15) is 4.39 Å². The summed E-state index contributed by atoms with van der Waals surface area (Å²) in [6.45, 7) is 3.44. The molecule has 0 saturated carbocycles. The number of nitrogen functional groups attached to an aromatic ring is 1. The molecule has 0 aliphatic carbocycles. The number of aryl methyl sites for hydroxylation is 1. The van der Waals surface area contributed by atoms with Crippen LogP contribution in [0.15, 0.2) is 28.8 Å². The van der Waals surface area contributed by atoms with Crippen LogP contribution in [0.5, 0.6) is 0 Å². The molecule has 0 bridgehead atoms. The van der Waals surface area contributed by atoms with Crippen molar-refractivity contribution < 1.29 is 8.91 Å². The van der Waals surface area contributed by atoms with E-state index in [2.05, 4.69) is 5.16 Å². The van der Waals surface area contributed by atoms with Crippen molar-refractivity contribution in [3.8, 4) is 11.3 Å². The largest absolute Gasteiger partial charge is 0.368 e. The van der Waals surface area contributed by atoms with Crippen LogP contribution in [-0.4, -0.2) is 5.16 Å². The molecular weight excluding hydrogens is 207 g/mol. The Hall–Kier alpha value is -1.84. The minimum absolute atomic E-state index is 0.258. The van der Waals surface area contributed by atoms with Crippen LogP contribution in [0.2, 0.25) is 0 Å². The fourth-order valence-electron chi connectivity index (χ4n) is 1.58. The third-order valence-electron chi connectivity index (χ3n) is 2.53. The predicted molar refractivity (Wildman–Crippen MR) is 60.6 cm³/mol. The monoisotopic (exact) mass is 220 g/mol. The maximum absolute atomic E-state index is 13.2. The van der Waals surface area contributed by atoms with E-state index in [1.165, 1.54) is 6.92 Å². The number of hydrogen-bond donors (Lipinski definition) is 1. The van der Waals surface area contributed by atoms with E-state index in [-0.39, 0.29) is 5.88 Å². The summed E-state index contributed by atoms with van der Waals surface area (Å²) in [5.41, 5.74) is 8.59. The molecule has 0 saturated heterocycles. The lowest BCUT2D eigenvalue weighted by atomic mass is 10.0. The highest BCUT2D eigenvalue weighted by Crippen LogP contribution is 2.28. The molecule has 16 heavy (non-hydrogen) atoms. The molecule has 1 atom stereocenters. The number of hydrogen-bond acceptors (Lipinski definition) is 3. The summed E-state index contributed by atoms with van der Waals surface area (Å²) < 4.78 is 18.0. The van der Waals surface area contributed by atoms with Gasteiger partial charge in [-0.15, -0.1) is 0 Å². The molecule has 1 heterocycles. The zero-order chi connectivity index (χ0) is 11.7. The first-order chi connectivity index (χ1) is 7.58. The van der Waals surface area contributed by atoms with Crippen LogP contribution in [0.4, 0.5) is 10.3 Å². The molecule has 1 aromatic carbocycles. The molecule has 0 fully saturated rings. The number of alkyl halides is 1. The quantitative estimate of drug-likeness (QED) is 0.845. The molecule has 0 spiro atoms. The fourth-order valence-corrected chi connectivity index (χ4v) is 1.58. The van der Waals surface area contributed by atoms with Crippen molar-refractivity contribution in [3.63, 3.8) is 0 Å². The Morgan fingerprint density at radius 1 is 1.38 bits per heavy atom. The number of rotatable bonds is 2. The minimum Gasteiger partial charge on any atom is -0.368 e. The molecule has 1 aromatic heterocycles. The van der Waals surface area contributed by atoms with Gasteiger partial charge in [-0.1, -0.05) is 17.3 Å². The molecule has 2 aromatic rings. The molecule has 2 rings (SSSR count). The Kier molecular flexibility index (Phi) is 2.64. The van der Waals surface area contributed by atoms with E-state index in [0.717, 1.165) is 11.1 Å². The van der Waals surface area contributed by atoms with Crippen molar-refractivity contribution in [1.29, 1.82) is 0 Å². The zero-order valence-electron chi connectivity index (χ0n) is 9.20. The van der Waals surface area contributed by atoms with Gasteiger partial charge < -0.3 is 10.3 Å². The summed E-state index contributed by atoms with van der Waals surface area (Å²) in [6.07, 6.45) is -0.997. The van der Waals surface area contributed by atoms with Crippen LogP contribution >= 0.6 is 0 Å². The Morgan fingerprint density at radius 3 is 2.69 bits per heavy atom. The Bertz CT molecular complexity index is 505. The maximum Gasteiger partial charge on any atom is 0.222 e. The van der Waals surface area contributed by atoms with Gasteiger partial charge in [0.1, 0.15) is 11.9 Å². The van der Waals surface area contributed by atoms with Crippen LogP contribution in [0.3, 0.4) is 0 Å². The lowest BCUT2D eigenvalue weighted by molar-refractivity contribution is 0.374. The molecule has 0 aliphatic rings. The number of halogens is 1. The highest BCUT2D eigenvalue weighted by atomic mass is 19.1. The third-order valence-corrected chi connectivity index (χ3v) is 2.53. The summed E-state index contributed by atoms with van der Waals surface area (Å²) in [5.74, 6) is 0.258. The number of nitrogens with two attached hydrogens (primary N) is 1. The summed E-state index contributed by atoms with van der Waals surface area (Å²) in [6, 6.07) is 7.05. The number of nitrogens with zero attached hydrogens (tertiary/aromatic N) is 1. The van der Waals surface area contributed by atoms with Crippen molar-refractivity contribution in [2.45, 2.75) is 20.0 Å². The fraction of sp³-hybridized carbons (Fsp3) is 0.250. The van der Waals surface area contributed by atoms with Gasteiger partial charge in [0.05, 0.1) is 0 Å². The summed E-state index contributed by atoms with van der Waals surface area (Å²) in [4.78, 5) is 0. The lowest BCUT2D eigenvalue weighted by Gasteiger charge is -2.07. The zero-order valence-corrected chi connectivity index (χ0v) is 9.20. The first kappa shape index (κ1) is 10.7. The predicted octanol–water partition coefficient (Wildman–Crippen LogP) is 3.26. The molecule has 84 valence electrons. The molecule has 0 amide bonds. The summed E-state index contributed by atoms with van der Waals surface area (Å²) in [5, 5.41) is 3.82. The highest BCUT2D eigenvalue weighted by Gasteiger charge is 2.10. The van der Waals surface area contributed by atoms with Gasteiger partial charge in [-0.3, -0.25) is 0 Å². The number of aromatic nitrogens is 1. The second-order valence-electron chi connectivity index (χ2n) is 3.80. The first-order valence-corrected chi connectivity index (χ1v) is 5.05. The Morgan fingerprint density at radius 2 is 2.12 bits per heavy atom. The van der Waals surface area contributed by atoms with E-state index in [4.69, 9.17) is 10.3 Å². The standard InChI is InChI=1S/C12H13FN2O/c1-7-3-4-9(8(2)13)5-10(7)11-6-12(14)16-15-11/h3-6,8H,14H2,1-2H3. The average molecular weight is 220 g/mol. The minimum atomic E-state index is -0.997. The second kappa shape index (κ2) is 3.96. The first-order valence-electron chi connectivity index (χ1n) is 5.05. The van der Waals surface area contributed by atoms with Crippen molar-refractivity contribution in [3.05, 3.63) is 35.4 Å². The SMILES string of the molecule is Cc1ccc(C(C)F)cc1-c1cc(N)on1. The van der Waals surface area contributed by atoms with Gasteiger partial charge in [-0.05, 0) is 31.0 Å². The van der Waals surface area contributed by atoms with Crippen molar-refractivity contribution in [2.75, 3.05) is 5.73 Å². The molecule has 4 heteroatoms.